The van der Waals surface area contributed by atoms with Crippen LogP contribution in [0, 0.1) is 5.41 Å². The van der Waals surface area contributed by atoms with Crippen molar-refractivity contribution in [3.63, 3.8) is 0 Å². The Balaban J connectivity index is 1.72. The lowest BCUT2D eigenvalue weighted by Gasteiger charge is -2.15. The van der Waals surface area contributed by atoms with E-state index in [9.17, 15) is 0 Å². The smallest absolute Gasteiger partial charge is 0.191 e. The van der Waals surface area contributed by atoms with Crippen molar-refractivity contribution < 1.29 is 0 Å². The molecule has 0 spiro atoms. The van der Waals surface area contributed by atoms with Gasteiger partial charge in [-0.15, -0.1) is 0 Å². The topological polar surface area (TPSA) is 36.4 Å². The standard InChI is InChI=1S/C10H19N3/c1-2-3-10(4-5-10)8-13-9-11-6-7-12-9/h2-8H2,1H3,(H2,11,12,13). The van der Waals surface area contributed by atoms with Crippen LogP contribution in [0.2, 0.25) is 0 Å². The van der Waals surface area contributed by atoms with Gasteiger partial charge >= 0.3 is 0 Å². The van der Waals surface area contributed by atoms with E-state index in [4.69, 9.17) is 0 Å². The first-order valence-electron chi connectivity index (χ1n) is 5.37. The van der Waals surface area contributed by atoms with E-state index in [0.717, 1.165) is 25.6 Å². The third-order valence-electron chi connectivity index (χ3n) is 3.04. The summed E-state index contributed by atoms with van der Waals surface area (Å²) in [7, 11) is 0. The summed E-state index contributed by atoms with van der Waals surface area (Å²) in [6.07, 6.45) is 5.48. The van der Waals surface area contributed by atoms with E-state index >= 15 is 0 Å². The highest BCUT2D eigenvalue weighted by Crippen LogP contribution is 2.48. The molecule has 2 aliphatic rings. The summed E-state index contributed by atoms with van der Waals surface area (Å²) in [4.78, 5) is 4.32. The second-order valence-corrected chi connectivity index (χ2v) is 4.26. The minimum absolute atomic E-state index is 0.627. The average molecular weight is 181 g/mol. The number of nitrogens with one attached hydrogen (secondary N) is 2. The molecule has 3 nitrogen and oxygen atoms in total. The van der Waals surface area contributed by atoms with Gasteiger partial charge in [0.15, 0.2) is 5.96 Å². The van der Waals surface area contributed by atoms with Crippen LogP contribution in [0.3, 0.4) is 0 Å². The normalized spacial score (nSPS) is 23.6. The van der Waals surface area contributed by atoms with E-state index in [1.807, 2.05) is 0 Å². The maximum atomic E-state index is 4.32. The summed E-state index contributed by atoms with van der Waals surface area (Å²) >= 11 is 0. The van der Waals surface area contributed by atoms with Crippen LogP contribution in [0.5, 0.6) is 0 Å². The molecule has 74 valence electrons. The Labute approximate surface area is 80.0 Å². The molecule has 13 heavy (non-hydrogen) atoms. The van der Waals surface area contributed by atoms with Gasteiger partial charge < -0.3 is 10.6 Å². The summed E-state index contributed by atoms with van der Waals surface area (Å²) in [5.74, 6) is 1.02. The number of hydrogen-bond donors (Lipinski definition) is 2. The van der Waals surface area contributed by atoms with E-state index in [2.05, 4.69) is 22.5 Å². The fourth-order valence-corrected chi connectivity index (χ4v) is 2.01. The van der Waals surface area contributed by atoms with Gasteiger partial charge in [0, 0.05) is 13.1 Å². The minimum Gasteiger partial charge on any atom is -0.356 e. The van der Waals surface area contributed by atoms with Crippen molar-refractivity contribution in [2.45, 2.75) is 32.6 Å². The summed E-state index contributed by atoms with van der Waals surface area (Å²) < 4.78 is 0. The molecule has 1 heterocycles. The second kappa shape index (κ2) is 3.56. The lowest BCUT2D eigenvalue weighted by Crippen LogP contribution is -2.37. The predicted molar refractivity (Wildman–Crippen MR) is 54.9 cm³/mol. The zero-order valence-electron chi connectivity index (χ0n) is 8.40. The zero-order chi connectivity index (χ0) is 9.15. The molecule has 1 fully saturated rings. The molecule has 0 amide bonds. The van der Waals surface area contributed by atoms with Crippen LogP contribution in [0.25, 0.3) is 0 Å². The zero-order valence-corrected chi connectivity index (χ0v) is 8.40. The van der Waals surface area contributed by atoms with Crippen LogP contribution in [0.1, 0.15) is 32.6 Å². The highest BCUT2D eigenvalue weighted by molar-refractivity contribution is 5.81. The van der Waals surface area contributed by atoms with Crippen molar-refractivity contribution in [1.82, 2.24) is 10.6 Å². The molecule has 0 aromatic heterocycles. The van der Waals surface area contributed by atoms with Crippen molar-refractivity contribution in [1.29, 1.82) is 0 Å². The Morgan fingerprint density at radius 3 is 2.92 bits per heavy atom. The first kappa shape index (κ1) is 8.85. The van der Waals surface area contributed by atoms with Crippen LogP contribution in [-0.2, 0) is 0 Å². The molecule has 1 aliphatic heterocycles. The molecule has 0 bridgehead atoms. The quantitative estimate of drug-likeness (QED) is 0.681. The molecule has 0 saturated heterocycles. The number of nitrogens with zero attached hydrogens (tertiary/aromatic N) is 1. The largest absolute Gasteiger partial charge is 0.356 e. The Morgan fingerprint density at radius 2 is 2.38 bits per heavy atom. The maximum Gasteiger partial charge on any atom is 0.191 e. The third kappa shape index (κ3) is 2.14. The maximum absolute atomic E-state index is 4.32. The fraction of sp³-hybridized carbons (Fsp3) is 0.900. The van der Waals surface area contributed by atoms with Gasteiger partial charge in [0.2, 0.25) is 0 Å². The predicted octanol–water partition coefficient (Wildman–Crippen LogP) is 1.12. The average Bonchev–Trinajstić information content (AvgIpc) is 2.71. The second-order valence-electron chi connectivity index (χ2n) is 4.26. The summed E-state index contributed by atoms with van der Waals surface area (Å²) in [5.41, 5.74) is 0.627. The molecule has 0 radical (unpaired) electrons. The highest BCUT2D eigenvalue weighted by Gasteiger charge is 2.41. The van der Waals surface area contributed by atoms with Crippen LogP contribution in [-0.4, -0.2) is 25.6 Å². The Morgan fingerprint density at radius 1 is 1.54 bits per heavy atom. The molecular weight excluding hydrogens is 162 g/mol. The van der Waals surface area contributed by atoms with Crippen LogP contribution < -0.4 is 10.6 Å². The Bertz CT molecular complexity index is 206. The molecule has 0 atom stereocenters. The summed E-state index contributed by atoms with van der Waals surface area (Å²) in [6, 6.07) is 0. The van der Waals surface area contributed by atoms with Gasteiger partial charge in [-0.25, -0.2) is 0 Å². The lowest BCUT2D eigenvalue weighted by atomic mass is 10.0. The molecule has 2 N–H and O–H groups in total. The molecule has 1 saturated carbocycles. The first-order valence-corrected chi connectivity index (χ1v) is 5.37. The van der Waals surface area contributed by atoms with Crippen molar-refractivity contribution in [3.05, 3.63) is 0 Å². The van der Waals surface area contributed by atoms with Gasteiger partial charge in [0.25, 0.3) is 0 Å². The Hall–Kier alpha value is -0.730. The van der Waals surface area contributed by atoms with Gasteiger partial charge in [0.05, 0.1) is 6.54 Å². The lowest BCUT2D eigenvalue weighted by molar-refractivity contribution is 0.451. The van der Waals surface area contributed by atoms with Crippen LogP contribution in [0.4, 0.5) is 0 Å². The first-order chi connectivity index (χ1) is 6.35. The van der Waals surface area contributed by atoms with Crippen molar-refractivity contribution >= 4 is 5.96 Å². The fourth-order valence-electron chi connectivity index (χ4n) is 2.01. The van der Waals surface area contributed by atoms with Crippen LogP contribution in [0.15, 0.2) is 4.99 Å². The number of hydrogen-bond acceptors (Lipinski definition) is 3. The molecule has 1 aliphatic carbocycles. The molecule has 2 rings (SSSR count). The van der Waals surface area contributed by atoms with Gasteiger partial charge in [-0.1, -0.05) is 13.3 Å². The number of guanidine groups is 1. The van der Waals surface area contributed by atoms with Gasteiger partial charge in [-0.2, -0.15) is 0 Å². The van der Waals surface area contributed by atoms with E-state index in [1.54, 1.807) is 0 Å². The van der Waals surface area contributed by atoms with E-state index in [0.29, 0.717) is 5.41 Å². The summed E-state index contributed by atoms with van der Waals surface area (Å²) in [5, 5.41) is 6.65. The van der Waals surface area contributed by atoms with E-state index in [1.165, 1.54) is 25.7 Å². The van der Waals surface area contributed by atoms with E-state index < -0.39 is 0 Å². The highest BCUT2D eigenvalue weighted by atomic mass is 15.2. The minimum atomic E-state index is 0.627. The third-order valence-corrected chi connectivity index (χ3v) is 3.04. The molecule has 0 unspecified atom stereocenters. The van der Waals surface area contributed by atoms with Gasteiger partial charge in [-0.05, 0) is 24.7 Å². The van der Waals surface area contributed by atoms with Crippen molar-refractivity contribution in [2.75, 3.05) is 19.6 Å². The summed E-state index contributed by atoms with van der Waals surface area (Å²) in [6.45, 7) is 5.32. The van der Waals surface area contributed by atoms with Crippen molar-refractivity contribution in [3.8, 4) is 0 Å². The molecule has 3 heteroatoms. The van der Waals surface area contributed by atoms with Crippen molar-refractivity contribution in [2.24, 2.45) is 10.4 Å². The molecule has 0 aromatic carbocycles. The van der Waals surface area contributed by atoms with Crippen LogP contribution >= 0.6 is 0 Å². The van der Waals surface area contributed by atoms with Gasteiger partial charge in [0.1, 0.15) is 0 Å². The molecule has 0 aromatic rings. The SMILES string of the molecule is CCCC1(CNC2=NCCN2)CC1. The number of aliphatic imine (C=N–C) groups is 1. The Kier molecular flexibility index (Phi) is 2.42. The molecular formula is C10H19N3. The van der Waals surface area contributed by atoms with Gasteiger partial charge in [-0.3, -0.25) is 4.99 Å². The van der Waals surface area contributed by atoms with E-state index in [-0.39, 0.29) is 0 Å². The monoisotopic (exact) mass is 181 g/mol. The number of rotatable bonds is 4.